The fourth-order valence-corrected chi connectivity index (χ4v) is 1.91. The van der Waals surface area contributed by atoms with Gasteiger partial charge in [-0.25, -0.2) is 8.78 Å². The molecular formula is C6H3Br2F2N. The van der Waals surface area contributed by atoms with Crippen molar-refractivity contribution < 1.29 is 8.78 Å². The second-order valence-electron chi connectivity index (χ2n) is 1.82. The predicted molar refractivity (Wildman–Crippen MR) is 44.6 cm³/mol. The van der Waals surface area contributed by atoms with Crippen LogP contribution in [0.3, 0.4) is 0 Å². The van der Waals surface area contributed by atoms with Crippen molar-refractivity contribution in [2.24, 2.45) is 0 Å². The van der Waals surface area contributed by atoms with Gasteiger partial charge in [0.2, 0.25) is 0 Å². The van der Waals surface area contributed by atoms with Crippen LogP contribution in [0.2, 0.25) is 0 Å². The van der Waals surface area contributed by atoms with Crippen molar-refractivity contribution in [3.63, 3.8) is 0 Å². The summed E-state index contributed by atoms with van der Waals surface area (Å²) < 4.78 is 25.0. The molecule has 0 saturated heterocycles. The van der Waals surface area contributed by atoms with E-state index in [-0.39, 0.29) is 5.56 Å². The van der Waals surface area contributed by atoms with Gasteiger partial charge in [-0.15, -0.1) is 0 Å². The molecule has 0 spiro atoms. The second kappa shape index (κ2) is 3.58. The van der Waals surface area contributed by atoms with E-state index < -0.39 is 6.43 Å². The first kappa shape index (κ1) is 9.06. The lowest BCUT2D eigenvalue weighted by molar-refractivity contribution is 0.149. The van der Waals surface area contributed by atoms with E-state index in [0.29, 0.717) is 8.95 Å². The smallest absolute Gasteiger partial charge is 0.262 e. The quantitative estimate of drug-likeness (QED) is 0.769. The average Bonchev–Trinajstić information content (AvgIpc) is 1.85. The van der Waals surface area contributed by atoms with Crippen molar-refractivity contribution in [2.45, 2.75) is 6.43 Å². The van der Waals surface area contributed by atoms with Gasteiger partial charge in [0, 0.05) is 26.9 Å². The van der Waals surface area contributed by atoms with Gasteiger partial charge in [0.05, 0.1) is 0 Å². The summed E-state index contributed by atoms with van der Waals surface area (Å²) in [7, 11) is 0. The zero-order valence-corrected chi connectivity index (χ0v) is 8.36. The highest BCUT2D eigenvalue weighted by Crippen LogP contribution is 2.32. The number of halogens is 4. The highest BCUT2D eigenvalue weighted by Gasteiger charge is 2.14. The van der Waals surface area contributed by atoms with E-state index in [1.807, 2.05) is 0 Å². The lowest BCUT2D eigenvalue weighted by atomic mass is 10.3. The summed E-state index contributed by atoms with van der Waals surface area (Å²) in [5.74, 6) is 0. The van der Waals surface area contributed by atoms with Gasteiger partial charge in [-0.05, 0) is 31.9 Å². The molecule has 1 aromatic rings. The van der Waals surface area contributed by atoms with Crippen LogP contribution in [0.15, 0.2) is 21.3 Å². The molecule has 0 radical (unpaired) electrons. The second-order valence-corrected chi connectivity index (χ2v) is 3.53. The van der Waals surface area contributed by atoms with E-state index in [2.05, 4.69) is 36.8 Å². The normalized spacial score (nSPS) is 10.6. The summed E-state index contributed by atoms with van der Waals surface area (Å²) in [6.07, 6.45) is 0.195. The van der Waals surface area contributed by atoms with Crippen LogP contribution in [0.5, 0.6) is 0 Å². The van der Waals surface area contributed by atoms with Gasteiger partial charge >= 0.3 is 0 Å². The summed E-state index contributed by atoms with van der Waals surface area (Å²) in [5, 5.41) is 0. The maximum atomic E-state index is 12.2. The summed E-state index contributed by atoms with van der Waals surface area (Å²) in [5.41, 5.74) is -0.0556. The van der Waals surface area contributed by atoms with E-state index >= 15 is 0 Å². The van der Waals surface area contributed by atoms with Crippen LogP contribution in [0.25, 0.3) is 0 Å². The van der Waals surface area contributed by atoms with E-state index in [1.54, 1.807) is 0 Å². The molecule has 11 heavy (non-hydrogen) atoms. The number of pyridine rings is 1. The molecule has 0 N–H and O–H groups in total. The zero-order chi connectivity index (χ0) is 8.43. The molecule has 1 nitrogen and oxygen atoms in total. The Bertz CT molecular complexity index is 245. The number of rotatable bonds is 1. The molecule has 0 aliphatic carbocycles. The Kier molecular flexibility index (Phi) is 2.95. The lowest BCUT2D eigenvalue weighted by Crippen LogP contribution is -1.89. The van der Waals surface area contributed by atoms with Gasteiger partial charge in [-0.3, -0.25) is 4.98 Å². The van der Waals surface area contributed by atoms with Crippen LogP contribution in [-0.4, -0.2) is 4.98 Å². The highest BCUT2D eigenvalue weighted by atomic mass is 79.9. The molecule has 5 heteroatoms. The Morgan fingerprint density at radius 1 is 1.18 bits per heavy atom. The lowest BCUT2D eigenvalue weighted by Gasteiger charge is -2.03. The van der Waals surface area contributed by atoms with Crippen molar-refractivity contribution in [3.8, 4) is 0 Å². The largest absolute Gasteiger partial charge is 0.266 e. The van der Waals surface area contributed by atoms with Crippen LogP contribution in [0, 0.1) is 0 Å². The molecule has 0 bridgehead atoms. The Labute approximate surface area is 79.1 Å². The maximum absolute atomic E-state index is 12.2. The third-order valence-corrected chi connectivity index (χ3v) is 2.37. The first-order valence-electron chi connectivity index (χ1n) is 2.70. The van der Waals surface area contributed by atoms with E-state index in [1.165, 1.54) is 12.4 Å². The van der Waals surface area contributed by atoms with Crippen molar-refractivity contribution in [3.05, 3.63) is 26.9 Å². The molecule has 0 aliphatic rings. The number of hydrogen-bond donors (Lipinski definition) is 0. The minimum atomic E-state index is -2.48. The summed E-state index contributed by atoms with van der Waals surface area (Å²) in [6.45, 7) is 0. The molecular weight excluding hydrogens is 284 g/mol. The van der Waals surface area contributed by atoms with Gasteiger partial charge in [0.25, 0.3) is 6.43 Å². The molecule has 0 saturated carbocycles. The van der Waals surface area contributed by atoms with E-state index in [0.717, 1.165) is 0 Å². The van der Waals surface area contributed by atoms with E-state index in [4.69, 9.17) is 0 Å². The molecule has 60 valence electrons. The molecule has 1 aromatic heterocycles. The summed E-state index contributed by atoms with van der Waals surface area (Å²) in [6, 6.07) is 0. The Hall–Kier alpha value is -0.0300. The van der Waals surface area contributed by atoms with Crippen molar-refractivity contribution in [2.75, 3.05) is 0 Å². The monoisotopic (exact) mass is 285 g/mol. The SMILES string of the molecule is FC(F)c1c(Br)cncc1Br. The molecule has 0 aromatic carbocycles. The number of aromatic nitrogens is 1. The van der Waals surface area contributed by atoms with Crippen LogP contribution in [-0.2, 0) is 0 Å². The molecule has 0 amide bonds. The van der Waals surface area contributed by atoms with E-state index in [9.17, 15) is 8.78 Å². The standard InChI is InChI=1S/C6H3Br2F2N/c7-3-1-11-2-4(8)5(3)6(9)10/h1-2,6H. The summed E-state index contributed by atoms with van der Waals surface area (Å²) in [4.78, 5) is 3.70. The molecule has 0 aliphatic heterocycles. The van der Waals surface area contributed by atoms with Gasteiger partial charge in [0.15, 0.2) is 0 Å². The van der Waals surface area contributed by atoms with Crippen LogP contribution < -0.4 is 0 Å². The Morgan fingerprint density at radius 3 is 1.91 bits per heavy atom. The first-order valence-corrected chi connectivity index (χ1v) is 4.28. The Morgan fingerprint density at radius 2 is 1.64 bits per heavy atom. The van der Waals surface area contributed by atoms with Crippen molar-refractivity contribution >= 4 is 31.9 Å². The third kappa shape index (κ3) is 1.96. The van der Waals surface area contributed by atoms with Crippen molar-refractivity contribution in [1.29, 1.82) is 0 Å². The van der Waals surface area contributed by atoms with Crippen LogP contribution >= 0.6 is 31.9 Å². The van der Waals surface area contributed by atoms with Gasteiger partial charge in [0.1, 0.15) is 0 Å². The number of hydrogen-bond acceptors (Lipinski definition) is 1. The molecule has 0 atom stereocenters. The molecule has 1 heterocycles. The average molecular weight is 287 g/mol. The minimum Gasteiger partial charge on any atom is -0.262 e. The first-order chi connectivity index (χ1) is 5.13. The van der Waals surface area contributed by atoms with Gasteiger partial charge in [-0.1, -0.05) is 0 Å². The highest BCUT2D eigenvalue weighted by molar-refractivity contribution is 9.11. The number of alkyl halides is 2. The van der Waals surface area contributed by atoms with Crippen molar-refractivity contribution in [1.82, 2.24) is 4.98 Å². The topological polar surface area (TPSA) is 12.9 Å². The summed E-state index contributed by atoms with van der Waals surface area (Å²) >= 11 is 5.95. The minimum absolute atomic E-state index is 0.0556. The van der Waals surface area contributed by atoms with Crippen LogP contribution in [0.1, 0.15) is 12.0 Å². The fourth-order valence-electron chi connectivity index (χ4n) is 0.630. The predicted octanol–water partition coefficient (Wildman–Crippen LogP) is 3.54. The van der Waals surface area contributed by atoms with Gasteiger partial charge < -0.3 is 0 Å². The fraction of sp³-hybridized carbons (Fsp3) is 0.167. The third-order valence-electron chi connectivity index (χ3n) is 1.11. The molecule has 1 rings (SSSR count). The molecule has 0 unspecified atom stereocenters. The maximum Gasteiger partial charge on any atom is 0.266 e. The van der Waals surface area contributed by atoms with Crippen LogP contribution in [0.4, 0.5) is 8.78 Å². The number of nitrogens with zero attached hydrogens (tertiary/aromatic N) is 1. The van der Waals surface area contributed by atoms with Gasteiger partial charge in [-0.2, -0.15) is 0 Å². The molecule has 0 fully saturated rings. The zero-order valence-electron chi connectivity index (χ0n) is 5.19. The Balaban J connectivity index is 3.21.